The monoisotopic (exact) mass is 671 g/mol. The van der Waals surface area contributed by atoms with E-state index in [0.29, 0.717) is 10.7 Å². The molecule has 1 saturated carbocycles. The zero-order valence-corrected chi connectivity index (χ0v) is 28.5. The molecule has 1 aliphatic rings. The van der Waals surface area contributed by atoms with Crippen molar-refractivity contribution < 1.29 is 18.0 Å². The van der Waals surface area contributed by atoms with Crippen LogP contribution in [0.1, 0.15) is 54.4 Å². The van der Waals surface area contributed by atoms with Crippen molar-refractivity contribution in [2.75, 3.05) is 10.8 Å². The molecule has 0 radical (unpaired) electrons. The van der Waals surface area contributed by atoms with Crippen molar-refractivity contribution in [2.24, 2.45) is 0 Å². The lowest BCUT2D eigenvalue weighted by Crippen LogP contribution is -2.55. The van der Waals surface area contributed by atoms with Crippen LogP contribution in [0.5, 0.6) is 0 Å². The van der Waals surface area contributed by atoms with Gasteiger partial charge in [-0.2, -0.15) is 0 Å². The molecule has 4 aromatic rings. The first-order chi connectivity index (χ1) is 22.6. The highest BCUT2D eigenvalue weighted by atomic mass is 35.5. The van der Waals surface area contributed by atoms with Gasteiger partial charge in [-0.15, -0.1) is 0 Å². The maximum absolute atomic E-state index is 14.7. The third-order valence-corrected chi connectivity index (χ3v) is 10.7. The van der Waals surface area contributed by atoms with E-state index in [9.17, 15) is 18.0 Å². The summed E-state index contributed by atoms with van der Waals surface area (Å²) in [5, 5.41) is 3.74. The molecule has 0 saturated heterocycles. The first-order valence-electron chi connectivity index (χ1n) is 16.1. The standard InChI is InChI=1S/C38H42ClN3O4S/c1-28-21-22-35(29(2)23-28)42(47(45,46)34-19-10-5-11-20-34)27-37(43)41(26-31-15-12-16-32(39)24-31)36(25-30-13-6-3-7-14-30)38(44)40-33-17-8-4-9-18-33/h3,5-7,10-16,19-24,33,36H,4,8-9,17-18,25-27H2,1-2H3,(H,40,44)/t36-/m0/s1. The normalized spacial score (nSPS) is 14.3. The molecule has 5 rings (SSSR count). The molecule has 1 fully saturated rings. The number of hydrogen-bond acceptors (Lipinski definition) is 4. The number of benzene rings is 4. The lowest BCUT2D eigenvalue weighted by Gasteiger charge is -2.35. The zero-order chi connectivity index (χ0) is 33.4. The van der Waals surface area contributed by atoms with Gasteiger partial charge in [0.1, 0.15) is 12.6 Å². The molecular weight excluding hydrogens is 630 g/mol. The minimum Gasteiger partial charge on any atom is -0.352 e. The van der Waals surface area contributed by atoms with Gasteiger partial charge in [0.15, 0.2) is 0 Å². The Morgan fingerprint density at radius 1 is 0.830 bits per heavy atom. The zero-order valence-electron chi connectivity index (χ0n) is 26.9. The Bertz CT molecular complexity index is 1780. The molecular formula is C38H42ClN3O4S. The maximum Gasteiger partial charge on any atom is 0.264 e. The summed E-state index contributed by atoms with van der Waals surface area (Å²) in [6.07, 6.45) is 5.27. The van der Waals surface area contributed by atoms with Gasteiger partial charge in [-0.3, -0.25) is 13.9 Å². The Hall–Kier alpha value is -4.14. The molecule has 0 aromatic heterocycles. The number of halogens is 1. The van der Waals surface area contributed by atoms with E-state index < -0.39 is 28.5 Å². The molecule has 47 heavy (non-hydrogen) atoms. The number of nitrogens with one attached hydrogen (secondary N) is 1. The smallest absolute Gasteiger partial charge is 0.264 e. The largest absolute Gasteiger partial charge is 0.352 e. The number of rotatable bonds is 12. The quantitative estimate of drug-likeness (QED) is 0.172. The number of nitrogens with zero attached hydrogens (tertiary/aromatic N) is 2. The lowest BCUT2D eigenvalue weighted by molar-refractivity contribution is -0.140. The van der Waals surface area contributed by atoms with Crippen LogP contribution < -0.4 is 9.62 Å². The number of carbonyl (C=O) groups excluding carboxylic acids is 2. The van der Waals surface area contributed by atoms with Gasteiger partial charge in [0.2, 0.25) is 11.8 Å². The Kier molecular flexibility index (Phi) is 11.4. The average Bonchev–Trinajstić information content (AvgIpc) is 3.07. The van der Waals surface area contributed by atoms with Gasteiger partial charge in [-0.05, 0) is 73.7 Å². The van der Waals surface area contributed by atoms with E-state index in [1.807, 2.05) is 62.4 Å². The number of sulfonamides is 1. The fraction of sp³-hybridized carbons (Fsp3) is 0.316. The van der Waals surface area contributed by atoms with Crippen LogP contribution in [0.2, 0.25) is 5.02 Å². The SMILES string of the molecule is Cc1ccc(N(CC(=O)N(Cc2cccc(Cl)c2)[C@@H](Cc2ccccc2)C(=O)NC2CCCCC2)S(=O)(=O)c2ccccc2)c(C)c1. The van der Waals surface area contributed by atoms with Crippen LogP contribution in [-0.4, -0.2) is 43.8 Å². The highest BCUT2D eigenvalue weighted by Gasteiger charge is 2.35. The van der Waals surface area contributed by atoms with Gasteiger partial charge in [0, 0.05) is 24.0 Å². The topological polar surface area (TPSA) is 86.8 Å². The summed E-state index contributed by atoms with van der Waals surface area (Å²) in [7, 11) is -4.16. The van der Waals surface area contributed by atoms with E-state index in [4.69, 9.17) is 11.6 Å². The van der Waals surface area contributed by atoms with Gasteiger partial charge in [0.25, 0.3) is 10.0 Å². The summed E-state index contributed by atoms with van der Waals surface area (Å²) >= 11 is 6.36. The lowest BCUT2D eigenvalue weighted by atomic mass is 9.94. The van der Waals surface area contributed by atoms with E-state index in [1.54, 1.807) is 42.5 Å². The van der Waals surface area contributed by atoms with Gasteiger partial charge in [0.05, 0.1) is 10.6 Å². The molecule has 1 aliphatic carbocycles. The molecule has 0 heterocycles. The van der Waals surface area contributed by atoms with Gasteiger partial charge >= 0.3 is 0 Å². The van der Waals surface area contributed by atoms with E-state index in [0.717, 1.165) is 54.4 Å². The Balaban J connectivity index is 1.58. The molecule has 246 valence electrons. The third kappa shape index (κ3) is 8.82. The molecule has 0 unspecified atom stereocenters. The van der Waals surface area contributed by atoms with Gasteiger partial charge < -0.3 is 10.2 Å². The summed E-state index contributed by atoms with van der Waals surface area (Å²) in [5.41, 5.74) is 3.72. The molecule has 0 bridgehead atoms. The van der Waals surface area contributed by atoms with E-state index in [-0.39, 0.29) is 29.8 Å². The summed E-state index contributed by atoms with van der Waals surface area (Å²) in [5.74, 6) is -0.746. The Morgan fingerprint density at radius 2 is 1.49 bits per heavy atom. The van der Waals surface area contributed by atoms with Crippen LogP contribution in [0, 0.1) is 13.8 Å². The number of anilines is 1. The highest BCUT2D eigenvalue weighted by Crippen LogP contribution is 2.29. The van der Waals surface area contributed by atoms with Crippen molar-refractivity contribution in [1.29, 1.82) is 0 Å². The van der Waals surface area contributed by atoms with Crippen LogP contribution in [0.4, 0.5) is 5.69 Å². The predicted molar refractivity (Wildman–Crippen MR) is 188 cm³/mol. The van der Waals surface area contributed by atoms with Crippen molar-refractivity contribution in [2.45, 2.75) is 75.9 Å². The molecule has 1 atom stereocenters. The molecule has 1 N–H and O–H groups in total. The van der Waals surface area contributed by atoms with Crippen LogP contribution in [-0.2, 0) is 32.6 Å². The van der Waals surface area contributed by atoms with Crippen LogP contribution in [0.3, 0.4) is 0 Å². The number of carbonyl (C=O) groups is 2. The molecule has 0 spiro atoms. The first-order valence-corrected chi connectivity index (χ1v) is 18.0. The fourth-order valence-electron chi connectivity index (χ4n) is 6.25. The third-order valence-electron chi connectivity index (χ3n) is 8.70. The van der Waals surface area contributed by atoms with E-state index in [1.165, 1.54) is 21.3 Å². The first kappa shape index (κ1) is 34.2. The van der Waals surface area contributed by atoms with E-state index in [2.05, 4.69) is 5.32 Å². The Morgan fingerprint density at radius 3 is 2.15 bits per heavy atom. The minimum atomic E-state index is -4.16. The number of aryl methyl sites for hydroxylation is 2. The Labute approximate surface area is 283 Å². The molecule has 7 nitrogen and oxygen atoms in total. The molecule has 2 amide bonds. The van der Waals surface area contributed by atoms with Crippen molar-refractivity contribution in [3.63, 3.8) is 0 Å². The second-order valence-corrected chi connectivity index (χ2v) is 14.6. The second kappa shape index (κ2) is 15.6. The summed E-state index contributed by atoms with van der Waals surface area (Å²) in [6.45, 7) is 3.34. The summed E-state index contributed by atoms with van der Waals surface area (Å²) in [4.78, 5) is 30.5. The van der Waals surface area contributed by atoms with Crippen molar-refractivity contribution in [1.82, 2.24) is 10.2 Å². The maximum atomic E-state index is 14.7. The van der Waals surface area contributed by atoms with Gasteiger partial charge in [-0.1, -0.05) is 109 Å². The molecule has 9 heteroatoms. The number of hydrogen-bond donors (Lipinski definition) is 1. The average molecular weight is 672 g/mol. The number of amides is 2. The fourth-order valence-corrected chi connectivity index (χ4v) is 7.96. The highest BCUT2D eigenvalue weighted by molar-refractivity contribution is 7.92. The summed E-state index contributed by atoms with van der Waals surface area (Å²) in [6, 6.07) is 29.5. The minimum absolute atomic E-state index is 0.0304. The van der Waals surface area contributed by atoms with Crippen LogP contribution in [0.15, 0.2) is 108 Å². The van der Waals surface area contributed by atoms with Crippen molar-refractivity contribution in [3.8, 4) is 0 Å². The van der Waals surface area contributed by atoms with Crippen molar-refractivity contribution >= 4 is 39.1 Å². The molecule has 0 aliphatic heterocycles. The van der Waals surface area contributed by atoms with Crippen molar-refractivity contribution in [3.05, 3.63) is 130 Å². The predicted octanol–water partition coefficient (Wildman–Crippen LogP) is 7.24. The second-order valence-electron chi connectivity index (χ2n) is 12.3. The summed E-state index contributed by atoms with van der Waals surface area (Å²) < 4.78 is 29.7. The molecule has 4 aromatic carbocycles. The van der Waals surface area contributed by atoms with Crippen LogP contribution >= 0.6 is 11.6 Å². The van der Waals surface area contributed by atoms with Gasteiger partial charge in [-0.25, -0.2) is 8.42 Å². The van der Waals surface area contributed by atoms with Crippen LogP contribution in [0.25, 0.3) is 0 Å². The van der Waals surface area contributed by atoms with E-state index >= 15 is 0 Å².